The van der Waals surface area contributed by atoms with Crippen molar-refractivity contribution in [2.45, 2.75) is 19.9 Å². The van der Waals surface area contributed by atoms with Gasteiger partial charge in [-0.1, -0.05) is 32.0 Å². The topological polar surface area (TPSA) is 64.4 Å². The molecule has 0 aliphatic rings. The molecule has 0 heterocycles. The van der Waals surface area contributed by atoms with E-state index in [-0.39, 0.29) is 24.2 Å². The highest BCUT2D eigenvalue weighted by molar-refractivity contribution is 5.85. The van der Waals surface area contributed by atoms with Gasteiger partial charge in [0, 0.05) is 0 Å². The molecule has 4 nitrogen and oxygen atoms in total. The minimum absolute atomic E-state index is 0. The molecular weight excluding hydrogens is 252 g/mol. The van der Waals surface area contributed by atoms with E-state index in [9.17, 15) is 4.79 Å². The van der Waals surface area contributed by atoms with Gasteiger partial charge < -0.3 is 15.8 Å². The summed E-state index contributed by atoms with van der Waals surface area (Å²) >= 11 is 0. The average Bonchev–Trinajstić information content (AvgIpc) is 2.34. The number of ether oxygens (including phenoxy) is 1. The van der Waals surface area contributed by atoms with Gasteiger partial charge in [0.2, 0.25) is 5.91 Å². The maximum absolute atomic E-state index is 11.5. The lowest BCUT2D eigenvalue weighted by Crippen LogP contribution is -2.45. The summed E-state index contributed by atoms with van der Waals surface area (Å²) < 4.78 is 5.44. The van der Waals surface area contributed by atoms with E-state index in [1.54, 1.807) is 0 Å². The predicted octanol–water partition coefficient (Wildman–Crippen LogP) is 1.59. The lowest BCUT2D eigenvalue weighted by Gasteiger charge is -2.15. The first-order valence-electron chi connectivity index (χ1n) is 5.82. The minimum Gasteiger partial charge on any atom is -0.492 e. The average molecular weight is 273 g/mol. The Bertz CT molecular complexity index is 344. The van der Waals surface area contributed by atoms with Crippen molar-refractivity contribution in [2.75, 3.05) is 13.2 Å². The zero-order chi connectivity index (χ0) is 12.7. The van der Waals surface area contributed by atoms with Gasteiger partial charge in [0.05, 0.1) is 12.6 Å². The first-order chi connectivity index (χ1) is 8.11. The van der Waals surface area contributed by atoms with E-state index < -0.39 is 6.04 Å². The molecule has 5 heteroatoms. The van der Waals surface area contributed by atoms with Crippen LogP contribution in [0, 0.1) is 5.92 Å². The van der Waals surface area contributed by atoms with Crippen LogP contribution in [-0.4, -0.2) is 25.1 Å². The molecule has 1 atom stereocenters. The summed E-state index contributed by atoms with van der Waals surface area (Å²) in [6.45, 7) is 4.75. The first-order valence-corrected chi connectivity index (χ1v) is 5.82. The molecule has 0 fully saturated rings. The molecule has 0 spiro atoms. The smallest absolute Gasteiger partial charge is 0.237 e. The minimum atomic E-state index is -0.452. The molecule has 0 aliphatic carbocycles. The molecule has 0 bridgehead atoms. The van der Waals surface area contributed by atoms with Crippen LogP contribution in [0.25, 0.3) is 0 Å². The summed E-state index contributed by atoms with van der Waals surface area (Å²) in [7, 11) is 0. The van der Waals surface area contributed by atoms with Gasteiger partial charge >= 0.3 is 0 Å². The van der Waals surface area contributed by atoms with E-state index in [2.05, 4.69) is 5.32 Å². The van der Waals surface area contributed by atoms with Gasteiger partial charge in [0.1, 0.15) is 12.4 Å². The fourth-order valence-electron chi connectivity index (χ4n) is 1.28. The van der Waals surface area contributed by atoms with Crippen LogP contribution in [-0.2, 0) is 4.79 Å². The number of amides is 1. The SMILES string of the molecule is CC(C)C(N)C(=O)NCCOc1ccccc1.Cl. The lowest BCUT2D eigenvalue weighted by molar-refractivity contribution is -0.123. The molecule has 3 N–H and O–H groups in total. The Hall–Kier alpha value is -1.26. The number of carbonyl (C=O) groups is 1. The van der Waals surface area contributed by atoms with Gasteiger partial charge in [-0.15, -0.1) is 12.4 Å². The molecule has 0 saturated carbocycles. The standard InChI is InChI=1S/C13H20N2O2.ClH/c1-10(2)12(14)13(16)15-8-9-17-11-6-4-3-5-7-11;/h3-7,10,12H,8-9,14H2,1-2H3,(H,15,16);1H. The molecule has 102 valence electrons. The molecule has 0 aromatic heterocycles. The van der Waals surface area contributed by atoms with Crippen LogP contribution in [0.3, 0.4) is 0 Å². The van der Waals surface area contributed by atoms with Crippen molar-refractivity contribution in [1.82, 2.24) is 5.32 Å². The second kappa shape index (κ2) is 8.78. The largest absolute Gasteiger partial charge is 0.492 e. The van der Waals surface area contributed by atoms with Crippen LogP contribution in [0.2, 0.25) is 0 Å². The van der Waals surface area contributed by atoms with E-state index >= 15 is 0 Å². The van der Waals surface area contributed by atoms with Crippen LogP contribution < -0.4 is 15.8 Å². The Labute approximate surface area is 114 Å². The third-order valence-corrected chi connectivity index (χ3v) is 2.43. The zero-order valence-electron chi connectivity index (χ0n) is 10.8. The first kappa shape index (κ1) is 16.7. The Kier molecular flexibility index (Phi) is 8.16. The Balaban J connectivity index is 0.00000289. The van der Waals surface area contributed by atoms with E-state index in [0.29, 0.717) is 13.2 Å². The quantitative estimate of drug-likeness (QED) is 0.773. The molecule has 1 aromatic rings. The molecule has 1 aromatic carbocycles. The molecule has 1 unspecified atom stereocenters. The van der Waals surface area contributed by atoms with E-state index in [1.807, 2.05) is 44.2 Å². The summed E-state index contributed by atoms with van der Waals surface area (Å²) in [5, 5.41) is 2.75. The van der Waals surface area contributed by atoms with Crippen molar-refractivity contribution < 1.29 is 9.53 Å². The van der Waals surface area contributed by atoms with Gasteiger partial charge in [-0.3, -0.25) is 4.79 Å². The number of nitrogens with two attached hydrogens (primary N) is 1. The van der Waals surface area contributed by atoms with E-state index in [1.165, 1.54) is 0 Å². The summed E-state index contributed by atoms with van der Waals surface area (Å²) in [5.74, 6) is 0.816. The van der Waals surface area contributed by atoms with Gasteiger partial charge in [0.15, 0.2) is 0 Å². The lowest BCUT2D eigenvalue weighted by atomic mass is 10.1. The van der Waals surface area contributed by atoms with Crippen LogP contribution in [0.5, 0.6) is 5.75 Å². The highest BCUT2D eigenvalue weighted by atomic mass is 35.5. The Morgan fingerprint density at radius 2 is 1.94 bits per heavy atom. The Morgan fingerprint density at radius 3 is 2.50 bits per heavy atom. The van der Waals surface area contributed by atoms with Gasteiger partial charge in [-0.25, -0.2) is 0 Å². The highest BCUT2D eigenvalue weighted by Gasteiger charge is 2.16. The second-order valence-corrected chi connectivity index (χ2v) is 4.22. The number of hydrogen-bond acceptors (Lipinski definition) is 3. The highest BCUT2D eigenvalue weighted by Crippen LogP contribution is 2.07. The Morgan fingerprint density at radius 1 is 1.33 bits per heavy atom. The van der Waals surface area contributed by atoms with Crippen LogP contribution in [0.15, 0.2) is 30.3 Å². The predicted molar refractivity (Wildman–Crippen MR) is 75.0 cm³/mol. The third kappa shape index (κ3) is 5.89. The van der Waals surface area contributed by atoms with Crippen molar-refractivity contribution in [3.63, 3.8) is 0 Å². The fraction of sp³-hybridized carbons (Fsp3) is 0.462. The summed E-state index contributed by atoms with van der Waals surface area (Å²) in [6, 6.07) is 9.04. The number of carbonyl (C=O) groups excluding carboxylic acids is 1. The number of para-hydroxylation sites is 1. The number of rotatable bonds is 6. The maximum Gasteiger partial charge on any atom is 0.237 e. The third-order valence-electron chi connectivity index (χ3n) is 2.43. The van der Waals surface area contributed by atoms with Gasteiger partial charge in [-0.2, -0.15) is 0 Å². The van der Waals surface area contributed by atoms with Gasteiger partial charge in [0.25, 0.3) is 0 Å². The molecule has 0 aliphatic heterocycles. The number of hydrogen-bond donors (Lipinski definition) is 2. The van der Waals surface area contributed by atoms with Gasteiger partial charge in [-0.05, 0) is 18.1 Å². The maximum atomic E-state index is 11.5. The van der Waals surface area contributed by atoms with Crippen molar-refractivity contribution >= 4 is 18.3 Å². The monoisotopic (exact) mass is 272 g/mol. The van der Waals surface area contributed by atoms with Crippen LogP contribution in [0.4, 0.5) is 0 Å². The number of nitrogens with one attached hydrogen (secondary N) is 1. The van der Waals surface area contributed by atoms with Crippen molar-refractivity contribution in [2.24, 2.45) is 11.7 Å². The molecule has 1 rings (SSSR count). The molecule has 18 heavy (non-hydrogen) atoms. The fourth-order valence-corrected chi connectivity index (χ4v) is 1.28. The molecule has 1 amide bonds. The van der Waals surface area contributed by atoms with E-state index in [4.69, 9.17) is 10.5 Å². The summed E-state index contributed by atoms with van der Waals surface area (Å²) in [6.07, 6.45) is 0. The normalized spacial score (nSPS) is 11.6. The number of benzene rings is 1. The van der Waals surface area contributed by atoms with Crippen LogP contribution >= 0.6 is 12.4 Å². The molecular formula is C13H21ClN2O2. The van der Waals surface area contributed by atoms with Crippen molar-refractivity contribution in [3.8, 4) is 5.75 Å². The second-order valence-electron chi connectivity index (χ2n) is 4.22. The van der Waals surface area contributed by atoms with Crippen LogP contribution in [0.1, 0.15) is 13.8 Å². The summed E-state index contributed by atoms with van der Waals surface area (Å²) in [5.41, 5.74) is 5.70. The number of halogens is 1. The molecule has 0 saturated heterocycles. The summed E-state index contributed by atoms with van der Waals surface area (Å²) in [4.78, 5) is 11.5. The van der Waals surface area contributed by atoms with Crippen molar-refractivity contribution in [1.29, 1.82) is 0 Å². The van der Waals surface area contributed by atoms with E-state index in [0.717, 1.165) is 5.75 Å². The molecule has 0 radical (unpaired) electrons. The van der Waals surface area contributed by atoms with Crippen molar-refractivity contribution in [3.05, 3.63) is 30.3 Å². The zero-order valence-corrected chi connectivity index (χ0v) is 11.6.